The van der Waals surface area contributed by atoms with Crippen LogP contribution in [0.3, 0.4) is 0 Å². The summed E-state index contributed by atoms with van der Waals surface area (Å²) in [5.41, 5.74) is 1.13. The maximum absolute atomic E-state index is 12.7. The van der Waals surface area contributed by atoms with Crippen LogP contribution >= 0.6 is 0 Å². The molecular weight excluding hydrogens is 344 g/mol. The van der Waals surface area contributed by atoms with Crippen molar-refractivity contribution in [2.24, 2.45) is 0 Å². The van der Waals surface area contributed by atoms with Gasteiger partial charge in [-0.05, 0) is 37.1 Å². The van der Waals surface area contributed by atoms with Gasteiger partial charge in [-0.1, -0.05) is 24.3 Å². The Balaban J connectivity index is 1.62. The van der Waals surface area contributed by atoms with Crippen LogP contribution in [0.25, 0.3) is 10.8 Å². The zero-order valence-electron chi connectivity index (χ0n) is 14.6. The van der Waals surface area contributed by atoms with Gasteiger partial charge >= 0.3 is 0 Å². The van der Waals surface area contributed by atoms with E-state index in [1.165, 1.54) is 0 Å². The molecule has 0 aliphatic carbocycles. The van der Waals surface area contributed by atoms with Gasteiger partial charge in [0.25, 0.3) is 11.5 Å². The molecule has 4 rings (SSSR count). The molecule has 2 amide bonds. The minimum atomic E-state index is -0.426. The summed E-state index contributed by atoms with van der Waals surface area (Å²) in [4.78, 5) is 38.5. The normalized spacial score (nSPS) is 14.4. The highest BCUT2D eigenvalue weighted by molar-refractivity contribution is 6.11. The van der Waals surface area contributed by atoms with Gasteiger partial charge in [-0.3, -0.25) is 14.4 Å². The molecule has 136 valence electrons. The number of aromatic amines is 1. The second kappa shape index (κ2) is 7.03. The number of piperidine rings is 1. The number of hydrogen-bond acceptors (Lipinski definition) is 4. The Hall–Kier alpha value is -3.48. The number of rotatable bonds is 3. The molecule has 0 atom stereocenters. The third-order valence-corrected chi connectivity index (χ3v) is 4.65. The first kappa shape index (κ1) is 17.0. The molecule has 3 aromatic rings. The van der Waals surface area contributed by atoms with E-state index in [0.29, 0.717) is 29.4 Å². The van der Waals surface area contributed by atoms with Crippen LogP contribution < -0.4 is 15.8 Å². The molecule has 2 aromatic carbocycles. The lowest BCUT2D eigenvalue weighted by Gasteiger charge is -2.27. The highest BCUT2D eigenvalue weighted by Crippen LogP contribution is 2.24. The molecule has 0 radical (unpaired) electrons. The molecule has 7 heteroatoms. The number of H-pyrrole nitrogens is 1. The summed E-state index contributed by atoms with van der Waals surface area (Å²) in [6.07, 6.45) is 2.43. The minimum Gasteiger partial charge on any atom is -0.321 e. The Labute approximate surface area is 155 Å². The van der Waals surface area contributed by atoms with Crippen LogP contribution in [0.15, 0.2) is 53.3 Å². The van der Waals surface area contributed by atoms with Crippen molar-refractivity contribution in [1.29, 1.82) is 0 Å². The first-order chi connectivity index (χ1) is 13.1. The van der Waals surface area contributed by atoms with Crippen LogP contribution in [0.2, 0.25) is 0 Å². The van der Waals surface area contributed by atoms with Crippen molar-refractivity contribution in [3.8, 4) is 0 Å². The molecule has 0 unspecified atom stereocenters. The fourth-order valence-electron chi connectivity index (χ4n) is 3.31. The van der Waals surface area contributed by atoms with Crippen molar-refractivity contribution in [1.82, 2.24) is 10.2 Å². The number of nitrogens with zero attached hydrogens (tertiary/aromatic N) is 2. The molecule has 0 spiro atoms. The summed E-state index contributed by atoms with van der Waals surface area (Å²) in [6, 6.07) is 14.0. The van der Waals surface area contributed by atoms with Gasteiger partial charge < -0.3 is 10.2 Å². The number of amides is 2. The number of anilines is 2. The number of hydrogen-bond donors (Lipinski definition) is 2. The molecule has 1 aliphatic heterocycles. The van der Waals surface area contributed by atoms with Crippen LogP contribution in [0, 0.1) is 0 Å². The van der Waals surface area contributed by atoms with E-state index in [2.05, 4.69) is 15.5 Å². The van der Waals surface area contributed by atoms with E-state index < -0.39 is 5.91 Å². The molecular formula is C20H18N4O3. The summed E-state index contributed by atoms with van der Waals surface area (Å²) < 4.78 is 0. The lowest BCUT2D eigenvalue weighted by Crippen LogP contribution is -2.35. The Morgan fingerprint density at radius 2 is 1.85 bits per heavy atom. The van der Waals surface area contributed by atoms with E-state index in [0.717, 1.165) is 18.5 Å². The topological polar surface area (TPSA) is 95.2 Å². The number of fused-ring (bicyclic) bond motifs is 1. The first-order valence-corrected chi connectivity index (χ1v) is 8.83. The van der Waals surface area contributed by atoms with E-state index >= 15 is 0 Å². The number of aromatic nitrogens is 2. The summed E-state index contributed by atoms with van der Waals surface area (Å²) >= 11 is 0. The molecule has 0 saturated carbocycles. The van der Waals surface area contributed by atoms with Crippen LogP contribution in [0.5, 0.6) is 0 Å². The van der Waals surface area contributed by atoms with Gasteiger partial charge in [0.05, 0.1) is 5.39 Å². The van der Waals surface area contributed by atoms with E-state index in [1.54, 1.807) is 47.4 Å². The van der Waals surface area contributed by atoms with Gasteiger partial charge in [0.15, 0.2) is 5.69 Å². The largest absolute Gasteiger partial charge is 0.321 e. The highest BCUT2D eigenvalue weighted by atomic mass is 16.2. The fourth-order valence-corrected chi connectivity index (χ4v) is 3.31. The van der Waals surface area contributed by atoms with Crippen LogP contribution in [-0.4, -0.2) is 28.6 Å². The Morgan fingerprint density at radius 3 is 2.67 bits per heavy atom. The van der Waals surface area contributed by atoms with E-state index in [1.807, 2.05) is 6.07 Å². The van der Waals surface area contributed by atoms with Crippen LogP contribution in [0.4, 0.5) is 11.4 Å². The molecule has 2 N–H and O–H groups in total. The van der Waals surface area contributed by atoms with E-state index in [-0.39, 0.29) is 17.2 Å². The number of nitrogens with one attached hydrogen (secondary N) is 2. The third-order valence-electron chi connectivity index (χ3n) is 4.65. The Bertz CT molecular complexity index is 1090. The SMILES string of the molecule is O=C(Nc1cccc(N2CCCCC2=O)c1)c1n[nH]c(=O)c2ccccc12. The summed E-state index contributed by atoms with van der Waals surface area (Å²) in [5, 5.41) is 9.97. The van der Waals surface area contributed by atoms with Crippen molar-refractivity contribution in [2.45, 2.75) is 19.3 Å². The van der Waals surface area contributed by atoms with Gasteiger partial charge in [0.2, 0.25) is 5.91 Å². The molecule has 1 saturated heterocycles. The molecule has 27 heavy (non-hydrogen) atoms. The highest BCUT2D eigenvalue weighted by Gasteiger charge is 2.20. The second-order valence-electron chi connectivity index (χ2n) is 6.45. The van der Waals surface area contributed by atoms with Crippen molar-refractivity contribution >= 4 is 34.0 Å². The average Bonchev–Trinajstić information content (AvgIpc) is 2.69. The maximum atomic E-state index is 12.7. The second-order valence-corrected chi connectivity index (χ2v) is 6.45. The molecule has 2 heterocycles. The van der Waals surface area contributed by atoms with Gasteiger partial charge in [0, 0.05) is 29.7 Å². The monoisotopic (exact) mass is 362 g/mol. The fraction of sp³-hybridized carbons (Fsp3) is 0.200. The predicted octanol–water partition coefficient (Wildman–Crippen LogP) is 2.69. The summed E-state index contributed by atoms with van der Waals surface area (Å²) in [7, 11) is 0. The zero-order chi connectivity index (χ0) is 18.8. The minimum absolute atomic E-state index is 0.0954. The molecule has 0 bridgehead atoms. The quantitative estimate of drug-likeness (QED) is 0.749. The lowest BCUT2D eigenvalue weighted by atomic mass is 10.1. The average molecular weight is 362 g/mol. The standard InChI is InChI=1S/C20H18N4O3/c25-17-10-3-4-11-24(17)14-7-5-6-13(12-14)21-20(27)18-15-8-1-2-9-16(15)19(26)23-22-18/h1-2,5-9,12H,3-4,10-11H2,(H,21,27)(H,23,26). The number of benzene rings is 2. The Kier molecular flexibility index (Phi) is 4.42. The van der Waals surface area contributed by atoms with Gasteiger partial charge in [-0.25, -0.2) is 5.10 Å². The van der Waals surface area contributed by atoms with Crippen LogP contribution in [0.1, 0.15) is 29.8 Å². The smallest absolute Gasteiger partial charge is 0.276 e. The van der Waals surface area contributed by atoms with Crippen molar-refractivity contribution in [3.63, 3.8) is 0 Å². The summed E-state index contributed by atoms with van der Waals surface area (Å²) in [6.45, 7) is 0.683. The van der Waals surface area contributed by atoms with E-state index in [4.69, 9.17) is 0 Å². The van der Waals surface area contributed by atoms with Crippen molar-refractivity contribution < 1.29 is 9.59 Å². The van der Waals surface area contributed by atoms with E-state index in [9.17, 15) is 14.4 Å². The number of carbonyl (C=O) groups excluding carboxylic acids is 2. The van der Waals surface area contributed by atoms with Gasteiger partial charge in [-0.2, -0.15) is 5.10 Å². The molecule has 1 aromatic heterocycles. The zero-order valence-corrected chi connectivity index (χ0v) is 14.6. The van der Waals surface area contributed by atoms with Crippen molar-refractivity contribution in [2.75, 3.05) is 16.8 Å². The lowest BCUT2D eigenvalue weighted by molar-refractivity contribution is -0.119. The maximum Gasteiger partial charge on any atom is 0.276 e. The summed E-state index contributed by atoms with van der Waals surface area (Å²) in [5.74, 6) is -0.331. The number of carbonyl (C=O) groups is 2. The van der Waals surface area contributed by atoms with Crippen LogP contribution in [-0.2, 0) is 4.79 Å². The Morgan fingerprint density at radius 1 is 1.04 bits per heavy atom. The molecule has 1 aliphatic rings. The third kappa shape index (κ3) is 3.31. The van der Waals surface area contributed by atoms with Crippen molar-refractivity contribution in [3.05, 3.63) is 64.6 Å². The molecule has 7 nitrogen and oxygen atoms in total. The predicted molar refractivity (Wildman–Crippen MR) is 103 cm³/mol. The van der Waals surface area contributed by atoms with Gasteiger partial charge in [-0.15, -0.1) is 0 Å². The first-order valence-electron chi connectivity index (χ1n) is 8.83. The van der Waals surface area contributed by atoms with Gasteiger partial charge in [0.1, 0.15) is 0 Å². The molecule has 1 fully saturated rings.